The molecule has 0 radical (unpaired) electrons. The van der Waals surface area contributed by atoms with Gasteiger partial charge in [-0.3, -0.25) is 4.90 Å². The first-order valence-electron chi connectivity index (χ1n) is 9.52. The molecule has 25 heavy (non-hydrogen) atoms. The average Bonchev–Trinajstić information content (AvgIpc) is 2.59. The molecule has 2 nitrogen and oxygen atoms in total. The Bertz CT molecular complexity index is 803. The number of hydrogen-bond donors (Lipinski definition) is 0. The zero-order valence-electron chi connectivity index (χ0n) is 16.3. The summed E-state index contributed by atoms with van der Waals surface area (Å²) in [6.45, 7) is 11.7. The summed E-state index contributed by atoms with van der Waals surface area (Å²) in [7, 11) is 2.25. The highest BCUT2D eigenvalue weighted by Crippen LogP contribution is 2.41. The predicted octanol–water partition coefficient (Wildman–Crippen LogP) is 4.71. The van der Waals surface area contributed by atoms with Crippen LogP contribution in [0.2, 0.25) is 0 Å². The van der Waals surface area contributed by atoms with E-state index < -0.39 is 0 Å². The van der Waals surface area contributed by atoms with Gasteiger partial charge in [0.15, 0.2) is 0 Å². The molecular formula is C23H30N2. The van der Waals surface area contributed by atoms with Gasteiger partial charge < -0.3 is 4.90 Å². The maximum absolute atomic E-state index is 2.60. The third kappa shape index (κ3) is 2.50. The monoisotopic (exact) mass is 334 g/mol. The Balaban J connectivity index is 1.78. The summed E-state index contributed by atoms with van der Waals surface area (Å²) < 4.78 is 0. The van der Waals surface area contributed by atoms with E-state index in [1.807, 2.05) is 0 Å². The molecule has 0 amide bonds. The quantitative estimate of drug-likeness (QED) is 0.745. The van der Waals surface area contributed by atoms with Crippen molar-refractivity contribution in [1.29, 1.82) is 0 Å². The minimum atomic E-state index is 0.0216. The maximum Gasteiger partial charge on any atom is 0.0600 e. The maximum atomic E-state index is 2.60. The summed E-state index contributed by atoms with van der Waals surface area (Å²) in [5.74, 6) is 0. The molecule has 0 aliphatic carbocycles. The van der Waals surface area contributed by atoms with Crippen molar-refractivity contribution >= 4 is 5.69 Å². The van der Waals surface area contributed by atoms with Gasteiger partial charge in [-0.1, -0.05) is 30.3 Å². The molecular weight excluding hydrogens is 304 g/mol. The van der Waals surface area contributed by atoms with Crippen LogP contribution in [0.15, 0.2) is 42.5 Å². The van der Waals surface area contributed by atoms with Crippen molar-refractivity contribution in [3.05, 3.63) is 64.7 Å². The molecule has 2 aliphatic heterocycles. The summed E-state index contributed by atoms with van der Waals surface area (Å²) in [6.07, 6.45) is 2.28. The summed E-state index contributed by atoms with van der Waals surface area (Å²) in [5, 5.41) is 0. The van der Waals surface area contributed by atoms with Crippen molar-refractivity contribution < 1.29 is 0 Å². The predicted molar refractivity (Wildman–Crippen MR) is 106 cm³/mol. The van der Waals surface area contributed by atoms with E-state index in [4.69, 9.17) is 0 Å². The molecule has 0 fully saturated rings. The van der Waals surface area contributed by atoms with Crippen LogP contribution in [-0.4, -0.2) is 25.0 Å². The van der Waals surface area contributed by atoms with Crippen LogP contribution >= 0.6 is 0 Å². The SMILES string of the molecule is CN1CCc2ccc(N3CCc4ccccc4C3(C)C)cc2C1(C)C. The molecule has 0 bridgehead atoms. The zero-order valence-corrected chi connectivity index (χ0v) is 16.3. The lowest BCUT2D eigenvalue weighted by molar-refractivity contribution is 0.143. The molecule has 0 atom stereocenters. The first kappa shape index (κ1) is 16.7. The van der Waals surface area contributed by atoms with Crippen molar-refractivity contribution in [2.45, 2.75) is 51.6 Å². The molecule has 2 aromatic carbocycles. The number of nitrogens with zero attached hydrogens (tertiary/aromatic N) is 2. The molecule has 0 saturated carbocycles. The second kappa shape index (κ2) is 5.60. The van der Waals surface area contributed by atoms with E-state index in [2.05, 4.69) is 87.0 Å². The van der Waals surface area contributed by atoms with Gasteiger partial charge >= 0.3 is 0 Å². The fraction of sp³-hybridized carbons (Fsp3) is 0.478. The Labute approximate surface area is 152 Å². The Morgan fingerprint density at radius 3 is 2.24 bits per heavy atom. The smallest absolute Gasteiger partial charge is 0.0600 e. The number of hydrogen-bond acceptors (Lipinski definition) is 2. The molecule has 2 aliphatic rings. The van der Waals surface area contributed by atoms with E-state index in [1.165, 1.54) is 27.9 Å². The van der Waals surface area contributed by atoms with Gasteiger partial charge in [-0.2, -0.15) is 0 Å². The van der Waals surface area contributed by atoms with Gasteiger partial charge in [0.2, 0.25) is 0 Å². The summed E-state index contributed by atoms with van der Waals surface area (Å²) in [5.41, 5.74) is 7.46. The molecule has 0 N–H and O–H groups in total. The molecule has 0 aromatic heterocycles. The fourth-order valence-electron chi connectivity index (χ4n) is 4.74. The van der Waals surface area contributed by atoms with Gasteiger partial charge in [0.1, 0.15) is 0 Å². The topological polar surface area (TPSA) is 6.48 Å². The molecule has 0 spiro atoms. The normalized spacial score (nSPS) is 21.6. The Hall–Kier alpha value is -1.80. The van der Waals surface area contributed by atoms with Crippen LogP contribution in [0.4, 0.5) is 5.69 Å². The molecule has 4 rings (SSSR count). The van der Waals surface area contributed by atoms with Crippen LogP contribution in [0.1, 0.15) is 49.9 Å². The van der Waals surface area contributed by atoms with Crippen molar-refractivity contribution in [1.82, 2.24) is 4.90 Å². The van der Waals surface area contributed by atoms with Crippen LogP contribution in [0.5, 0.6) is 0 Å². The number of rotatable bonds is 1. The fourth-order valence-corrected chi connectivity index (χ4v) is 4.74. The van der Waals surface area contributed by atoms with E-state index in [-0.39, 0.29) is 11.1 Å². The molecule has 2 heterocycles. The Kier molecular flexibility index (Phi) is 3.73. The Morgan fingerprint density at radius 1 is 0.760 bits per heavy atom. The zero-order chi connectivity index (χ0) is 17.8. The minimum absolute atomic E-state index is 0.0216. The van der Waals surface area contributed by atoms with Crippen molar-refractivity contribution in [2.75, 3.05) is 25.0 Å². The average molecular weight is 335 g/mol. The van der Waals surface area contributed by atoms with E-state index in [1.54, 1.807) is 0 Å². The van der Waals surface area contributed by atoms with E-state index >= 15 is 0 Å². The first-order chi connectivity index (χ1) is 11.8. The number of anilines is 1. The molecule has 132 valence electrons. The third-order valence-electron chi connectivity index (χ3n) is 6.69. The van der Waals surface area contributed by atoms with E-state index in [9.17, 15) is 0 Å². The molecule has 0 saturated heterocycles. The lowest BCUT2D eigenvalue weighted by atomic mass is 9.81. The van der Waals surface area contributed by atoms with Crippen molar-refractivity contribution in [3.8, 4) is 0 Å². The van der Waals surface area contributed by atoms with Gasteiger partial charge in [0.05, 0.1) is 5.54 Å². The third-order valence-corrected chi connectivity index (χ3v) is 6.69. The first-order valence-corrected chi connectivity index (χ1v) is 9.52. The molecule has 2 heteroatoms. The highest BCUT2D eigenvalue weighted by atomic mass is 15.2. The number of likely N-dealkylation sites (N-methyl/N-ethyl adjacent to an activating group) is 1. The highest BCUT2D eigenvalue weighted by Gasteiger charge is 2.36. The van der Waals surface area contributed by atoms with Crippen LogP contribution in [0.3, 0.4) is 0 Å². The van der Waals surface area contributed by atoms with Gasteiger partial charge in [-0.05, 0) is 82.0 Å². The van der Waals surface area contributed by atoms with Gasteiger partial charge in [0.25, 0.3) is 0 Å². The number of fused-ring (bicyclic) bond motifs is 2. The summed E-state index contributed by atoms with van der Waals surface area (Å²) in [6, 6.07) is 16.1. The van der Waals surface area contributed by atoms with Gasteiger partial charge in [-0.25, -0.2) is 0 Å². The second-order valence-electron chi connectivity index (χ2n) is 8.69. The number of benzene rings is 2. The van der Waals surface area contributed by atoms with Crippen LogP contribution in [-0.2, 0) is 23.9 Å². The summed E-state index contributed by atoms with van der Waals surface area (Å²) >= 11 is 0. The second-order valence-corrected chi connectivity index (χ2v) is 8.69. The summed E-state index contributed by atoms with van der Waals surface area (Å²) in [4.78, 5) is 5.08. The van der Waals surface area contributed by atoms with Crippen LogP contribution < -0.4 is 4.90 Å². The van der Waals surface area contributed by atoms with Crippen LogP contribution in [0.25, 0.3) is 0 Å². The lowest BCUT2D eigenvalue weighted by Gasteiger charge is -2.47. The largest absolute Gasteiger partial charge is 0.362 e. The van der Waals surface area contributed by atoms with E-state index in [0.29, 0.717) is 0 Å². The van der Waals surface area contributed by atoms with Gasteiger partial charge in [-0.15, -0.1) is 0 Å². The van der Waals surface area contributed by atoms with Crippen LogP contribution in [0, 0.1) is 0 Å². The standard InChI is InChI=1S/C23H30N2/c1-22(2)21-16-19(11-10-18(21)12-14-24(22)5)25-15-13-17-8-6-7-9-20(17)23(25,3)4/h6-11,16H,12-15H2,1-5H3. The molecule has 0 unspecified atom stereocenters. The minimum Gasteiger partial charge on any atom is -0.362 e. The van der Waals surface area contributed by atoms with Crippen molar-refractivity contribution in [2.24, 2.45) is 0 Å². The highest BCUT2D eigenvalue weighted by molar-refractivity contribution is 5.58. The Morgan fingerprint density at radius 2 is 1.44 bits per heavy atom. The lowest BCUT2D eigenvalue weighted by Crippen LogP contribution is -2.47. The molecule has 2 aromatic rings. The van der Waals surface area contributed by atoms with E-state index in [0.717, 1.165) is 25.9 Å². The van der Waals surface area contributed by atoms with Gasteiger partial charge in [0, 0.05) is 24.3 Å². The van der Waals surface area contributed by atoms with Crippen molar-refractivity contribution in [3.63, 3.8) is 0 Å².